The quantitative estimate of drug-likeness (QED) is 0.720. The molecule has 0 aliphatic heterocycles. The fraction of sp³-hybridized carbons (Fsp3) is 0.143. The van der Waals surface area contributed by atoms with Crippen LogP contribution in [0.25, 0.3) is 0 Å². The van der Waals surface area contributed by atoms with Crippen LogP contribution in [0, 0.1) is 0 Å². The molecular formula is C14H9BrClF3N2O3. The number of aromatic nitrogens is 1. The second kappa shape index (κ2) is 7.27. The molecule has 0 aliphatic rings. The van der Waals surface area contributed by atoms with E-state index in [-0.39, 0.29) is 11.4 Å². The van der Waals surface area contributed by atoms with Crippen molar-refractivity contribution in [2.45, 2.75) is 6.18 Å². The lowest BCUT2D eigenvalue weighted by atomic mass is 10.2. The van der Waals surface area contributed by atoms with Crippen LogP contribution >= 0.6 is 27.5 Å². The first kappa shape index (κ1) is 18.3. The molecular weight excluding hydrogens is 417 g/mol. The van der Waals surface area contributed by atoms with Gasteiger partial charge >= 0.3 is 12.1 Å². The maximum Gasteiger partial charge on any atom is 0.417 e. The van der Waals surface area contributed by atoms with Crippen molar-refractivity contribution in [1.82, 2.24) is 4.98 Å². The Morgan fingerprint density at radius 3 is 2.58 bits per heavy atom. The van der Waals surface area contributed by atoms with Gasteiger partial charge in [-0.2, -0.15) is 13.2 Å². The topological polar surface area (TPSA) is 71.2 Å². The van der Waals surface area contributed by atoms with Gasteiger partial charge < -0.3 is 15.0 Å². The molecule has 0 saturated carbocycles. The number of H-pyrrole nitrogens is 1. The van der Waals surface area contributed by atoms with E-state index in [1.54, 1.807) is 0 Å². The zero-order valence-electron chi connectivity index (χ0n) is 11.7. The minimum atomic E-state index is -4.65. The zero-order valence-corrected chi connectivity index (χ0v) is 14.1. The van der Waals surface area contributed by atoms with Gasteiger partial charge in [-0.15, -0.1) is 0 Å². The normalized spacial score (nSPS) is 11.2. The van der Waals surface area contributed by atoms with Gasteiger partial charge in [0.05, 0.1) is 10.6 Å². The molecule has 0 fully saturated rings. The summed E-state index contributed by atoms with van der Waals surface area (Å²) in [6.07, 6.45) is -3.14. The van der Waals surface area contributed by atoms with Crippen LogP contribution in [0.4, 0.5) is 18.9 Å². The van der Waals surface area contributed by atoms with Crippen molar-refractivity contribution in [3.8, 4) is 0 Å². The Hall–Kier alpha value is -2.00. The molecule has 5 nitrogen and oxygen atoms in total. The molecule has 0 saturated heterocycles. The molecule has 24 heavy (non-hydrogen) atoms. The van der Waals surface area contributed by atoms with Crippen LogP contribution in [-0.2, 0) is 15.7 Å². The molecule has 2 aromatic rings. The Kier molecular flexibility index (Phi) is 5.55. The summed E-state index contributed by atoms with van der Waals surface area (Å²) in [7, 11) is 0. The van der Waals surface area contributed by atoms with Crippen LogP contribution in [0.2, 0.25) is 5.02 Å². The van der Waals surface area contributed by atoms with Gasteiger partial charge in [0.2, 0.25) is 0 Å². The summed E-state index contributed by atoms with van der Waals surface area (Å²) in [5.41, 5.74) is -1.06. The third-order valence-corrected chi connectivity index (χ3v) is 3.54. The van der Waals surface area contributed by atoms with E-state index < -0.39 is 35.2 Å². The second-order valence-corrected chi connectivity index (χ2v) is 5.87. The number of nitrogens with one attached hydrogen (secondary N) is 2. The maximum atomic E-state index is 12.7. The highest BCUT2D eigenvalue weighted by Crippen LogP contribution is 2.36. The van der Waals surface area contributed by atoms with Crippen molar-refractivity contribution in [2.24, 2.45) is 0 Å². The summed E-state index contributed by atoms with van der Waals surface area (Å²) in [6.45, 7) is -0.653. The van der Waals surface area contributed by atoms with Gasteiger partial charge in [-0.3, -0.25) is 4.79 Å². The smallest absolute Gasteiger partial charge is 0.417 e. The van der Waals surface area contributed by atoms with Crippen molar-refractivity contribution in [2.75, 3.05) is 11.9 Å². The minimum absolute atomic E-state index is 0.115. The molecule has 1 aromatic heterocycles. The standard InChI is InChI=1S/C14H9BrClF3N2O3/c15-7-3-11(20-5-7)13(23)24-6-12(22)21-8-1-2-10(16)9(4-8)14(17,18)19/h1-5,20H,6H2,(H,21,22). The molecule has 1 aromatic carbocycles. The van der Waals surface area contributed by atoms with E-state index >= 15 is 0 Å². The van der Waals surface area contributed by atoms with Gasteiger partial charge in [0.15, 0.2) is 6.61 Å². The molecule has 0 unspecified atom stereocenters. The highest BCUT2D eigenvalue weighted by Gasteiger charge is 2.33. The Labute approximate surface area is 147 Å². The highest BCUT2D eigenvalue weighted by molar-refractivity contribution is 9.10. The first-order valence-corrected chi connectivity index (χ1v) is 7.51. The number of ether oxygens (including phenoxy) is 1. The van der Waals surface area contributed by atoms with Crippen molar-refractivity contribution >= 4 is 45.1 Å². The number of benzene rings is 1. The van der Waals surface area contributed by atoms with Crippen molar-refractivity contribution in [1.29, 1.82) is 0 Å². The number of hydrogen-bond acceptors (Lipinski definition) is 3. The van der Waals surface area contributed by atoms with E-state index in [0.717, 1.165) is 6.07 Å². The number of carbonyl (C=O) groups is 2. The molecule has 0 spiro atoms. The van der Waals surface area contributed by atoms with Gasteiger partial charge in [-0.05, 0) is 40.2 Å². The maximum absolute atomic E-state index is 12.7. The van der Waals surface area contributed by atoms with E-state index in [2.05, 4.69) is 26.2 Å². The van der Waals surface area contributed by atoms with Crippen LogP contribution < -0.4 is 5.32 Å². The SMILES string of the molecule is O=C(COC(=O)c1cc(Br)c[nH]1)Nc1ccc(Cl)c(C(F)(F)F)c1. The third-order valence-electron chi connectivity index (χ3n) is 2.76. The molecule has 0 aliphatic carbocycles. The van der Waals surface area contributed by atoms with Gasteiger partial charge in [0.25, 0.3) is 5.91 Å². The first-order valence-electron chi connectivity index (χ1n) is 6.34. The Bertz CT molecular complexity index is 777. The summed E-state index contributed by atoms with van der Waals surface area (Å²) in [5, 5.41) is 1.72. The van der Waals surface area contributed by atoms with E-state index in [1.807, 2.05) is 0 Å². The number of rotatable bonds is 4. The molecule has 0 radical (unpaired) electrons. The molecule has 1 amide bonds. The summed E-state index contributed by atoms with van der Waals surface area (Å²) in [4.78, 5) is 25.9. The number of esters is 1. The average Bonchev–Trinajstić information content (AvgIpc) is 2.92. The number of halogens is 5. The van der Waals surface area contributed by atoms with Gasteiger partial charge in [-0.25, -0.2) is 4.79 Å². The molecule has 1 heterocycles. The minimum Gasteiger partial charge on any atom is -0.451 e. The lowest BCUT2D eigenvalue weighted by molar-refractivity contribution is -0.137. The molecule has 128 valence electrons. The van der Waals surface area contributed by atoms with Crippen molar-refractivity contribution < 1.29 is 27.5 Å². The Morgan fingerprint density at radius 2 is 2.00 bits per heavy atom. The van der Waals surface area contributed by atoms with Crippen molar-refractivity contribution in [3.63, 3.8) is 0 Å². The molecule has 2 rings (SSSR count). The number of amides is 1. The van der Waals surface area contributed by atoms with Gasteiger partial charge in [0.1, 0.15) is 5.69 Å². The van der Waals surface area contributed by atoms with E-state index in [0.29, 0.717) is 10.5 Å². The number of aromatic amines is 1. The fourth-order valence-corrected chi connectivity index (χ4v) is 2.28. The van der Waals surface area contributed by atoms with E-state index in [4.69, 9.17) is 16.3 Å². The van der Waals surface area contributed by atoms with E-state index in [1.165, 1.54) is 18.3 Å². The molecule has 0 atom stereocenters. The summed E-state index contributed by atoms with van der Waals surface area (Å²) in [6, 6.07) is 4.38. The van der Waals surface area contributed by atoms with Crippen LogP contribution in [0.1, 0.15) is 16.1 Å². The summed E-state index contributed by atoms with van der Waals surface area (Å²) < 4.78 is 43.6. The van der Waals surface area contributed by atoms with Crippen LogP contribution in [0.5, 0.6) is 0 Å². The van der Waals surface area contributed by atoms with E-state index in [9.17, 15) is 22.8 Å². The lowest BCUT2D eigenvalue weighted by Crippen LogP contribution is -2.21. The van der Waals surface area contributed by atoms with Gasteiger partial charge in [0, 0.05) is 16.4 Å². The van der Waals surface area contributed by atoms with Crippen molar-refractivity contribution in [3.05, 3.63) is 51.2 Å². The van der Waals surface area contributed by atoms with Crippen LogP contribution in [0.3, 0.4) is 0 Å². The average molecular weight is 426 g/mol. The predicted molar refractivity (Wildman–Crippen MR) is 83.9 cm³/mol. The molecule has 10 heteroatoms. The van der Waals surface area contributed by atoms with Crippen LogP contribution in [-0.4, -0.2) is 23.5 Å². The Morgan fingerprint density at radius 1 is 1.29 bits per heavy atom. The molecule has 0 bridgehead atoms. The van der Waals surface area contributed by atoms with Gasteiger partial charge in [-0.1, -0.05) is 11.6 Å². The van der Waals surface area contributed by atoms with Crippen LogP contribution in [0.15, 0.2) is 34.9 Å². The summed E-state index contributed by atoms with van der Waals surface area (Å²) in [5.74, 6) is -1.56. The first-order chi connectivity index (χ1) is 11.2. The zero-order chi connectivity index (χ0) is 17.9. The number of hydrogen-bond donors (Lipinski definition) is 2. The monoisotopic (exact) mass is 424 g/mol. The fourth-order valence-electron chi connectivity index (χ4n) is 1.71. The number of carbonyl (C=O) groups excluding carboxylic acids is 2. The summed E-state index contributed by atoms with van der Waals surface area (Å²) >= 11 is 8.61. The number of anilines is 1. The number of alkyl halides is 3. The Balaban J connectivity index is 1.96. The predicted octanol–water partition coefficient (Wildman–Crippen LogP) is 4.24. The third kappa shape index (κ3) is 4.75. The second-order valence-electron chi connectivity index (χ2n) is 4.55. The highest BCUT2D eigenvalue weighted by atomic mass is 79.9. The lowest BCUT2D eigenvalue weighted by Gasteiger charge is -2.11. The molecule has 2 N–H and O–H groups in total. The largest absolute Gasteiger partial charge is 0.451 e.